The maximum atomic E-state index is 12.0. The molecule has 0 spiro atoms. The largest absolute Gasteiger partial charge is 0.497 e. The zero-order valence-corrected chi connectivity index (χ0v) is 12.3. The molecule has 21 heavy (non-hydrogen) atoms. The number of urea groups is 1. The van der Waals surface area contributed by atoms with Crippen LogP contribution in [0.3, 0.4) is 0 Å². The molecule has 1 atom stereocenters. The standard InChI is InChI=1S/C14H19N5O2/c1-10-6-12(21-3)4-5-13(10)18-14(20)17-11(2)7-19-9-15-8-16-19/h4-6,8-9,11H,7H2,1-3H3,(H2,17,18,20)/t11-/m0/s1. The lowest BCUT2D eigenvalue weighted by atomic mass is 10.2. The average molecular weight is 289 g/mol. The van der Waals surface area contributed by atoms with Crippen LogP contribution in [0.4, 0.5) is 10.5 Å². The monoisotopic (exact) mass is 289 g/mol. The number of hydrogen-bond donors (Lipinski definition) is 2. The second-order valence-electron chi connectivity index (χ2n) is 4.80. The van der Waals surface area contributed by atoms with Crippen molar-refractivity contribution in [2.24, 2.45) is 0 Å². The maximum absolute atomic E-state index is 12.0. The van der Waals surface area contributed by atoms with E-state index >= 15 is 0 Å². The van der Waals surface area contributed by atoms with Gasteiger partial charge in [-0.3, -0.25) is 4.68 Å². The number of aromatic nitrogens is 3. The summed E-state index contributed by atoms with van der Waals surface area (Å²) in [4.78, 5) is 15.8. The Labute approximate surface area is 123 Å². The Bertz CT molecular complexity index is 597. The molecule has 1 aromatic heterocycles. The van der Waals surface area contributed by atoms with Gasteiger partial charge in [-0.2, -0.15) is 5.10 Å². The summed E-state index contributed by atoms with van der Waals surface area (Å²) in [6.07, 6.45) is 3.08. The first-order valence-corrected chi connectivity index (χ1v) is 6.63. The Morgan fingerprint density at radius 2 is 2.29 bits per heavy atom. The number of ether oxygens (including phenoxy) is 1. The van der Waals surface area contributed by atoms with Crippen LogP contribution in [0.2, 0.25) is 0 Å². The third-order valence-electron chi connectivity index (χ3n) is 2.99. The third kappa shape index (κ3) is 4.20. The molecule has 2 N–H and O–H groups in total. The van der Waals surface area contributed by atoms with E-state index in [1.807, 2.05) is 26.0 Å². The predicted molar refractivity (Wildman–Crippen MR) is 79.4 cm³/mol. The molecular weight excluding hydrogens is 270 g/mol. The Balaban J connectivity index is 1.89. The Hall–Kier alpha value is -2.57. The van der Waals surface area contributed by atoms with Gasteiger partial charge in [0.25, 0.3) is 0 Å². The second kappa shape index (κ2) is 6.74. The van der Waals surface area contributed by atoms with Crippen molar-refractivity contribution in [2.75, 3.05) is 12.4 Å². The van der Waals surface area contributed by atoms with Crippen LogP contribution in [0.5, 0.6) is 5.75 Å². The van der Waals surface area contributed by atoms with Crippen molar-refractivity contribution >= 4 is 11.7 Å². The fourth-order valence-corrected chi connectivity index (χ4v) is 1.94. The van der Waals surface area contributed by atoms with Gasteiger partial charge in [0.15, 0.2) is 0 Å². The number of nitrogens with one attached hydrogen (secondary N) is 2. The highest BCUT2D eigenvalue weighted by atomic mass is 16.5. The molecule has 112 valence electrons. The molecule has 2 rings (SSSR count). The first-order valence-electron chi connectivity index (χ1n) is 6.63. The van der Waals surface area contributed by atoms with Crippen molar-refractivity contribution in [1.82, 2.24) is 20.1 Å². The Morgan fingerprint density at radius 1 is 1.48 bits per heavy atom. The van der Waals surface area contributed by atoms with Crippen LogP contribution >= 0.6 is 0 Å². The molecule has 0 bridgehead atoms. The molecule has 0 aliphatic rings. The minimum Gasteiger partial charge on any atom is -0.497 e. The van der Waals surface area contributed by atoms with E-state index in [2.05, 4.69) is 20.7 Å². The van der Waals surface area contributed by atoms with Crippen molar-refractivity contribution in [1.29, 1.82) is 0 Å². The van der Waals surface area contributed by atoms with Gasteiger partial charge in [0.1, 0.15) is 18.4 Å². The molecule has 0 saturated carbocycles. The highest BCUT2D eigenvalue weighted by Crippen LogP contribution is 2.20. The highest BCUT2D eigenvalue weighted by molar-refractivity contribution is 5.90. The molecule has 0 unspecified atom stereocenters. The quantitative estimate of drug-likeness (QED) is 0.879. The summed E-state index contributed by atoms with van der Waals surface area (Å²) in [6, 6.07) is 5.17. The van der Waals surface area contributed by atoms with Crippen molar-refractivity contribution in [3.63, 3.8) is 0 Å². The Kier molecular flexibility index (Phi) is 4.76. The van der Waals surface area contributed by atoms with Crippen LogP contribution in [-0.2, 0) is 6.54 Å². The lowest BCUT2D eigenvalue weighted by Crippen LogP contribution is -2.38. The second-order valence-corrected chi connectivity index (χ2v) is 4.80. The van der Waals surface area contributed by atoms with Gasteiger partial charge >= 0.3 is 6.03 Å². The van der Waals surface area contributed by atoms with Gasteiger partial charge in [0, 0.05) is 11.7 Å². The van der Waals surface area contributed by atoms with Crippen LogP contribution in [0, 0.1) is 6.92 Å². The van der Waals surface area contributed by atoms with Crippen LogP contribution in [0.25, 0.3) is 0 Å². The van der Waals surface area contributed by atoms with E-state index in [0.29, 0.717) is 6.54 Å². The van der Waals surface area contributed by atoms with Crippen molar-refractivity contribution in [3.05, 3.63) is 36.4 Å². The number of rotatable bonds is 5. The van der Waals surface area contributed by atoms with Crippen molar-refractivity contribution < 1.29 is 9.53 Å². The molecule has 0 saturated heterocycles. The topological polar surface area (TPSA) is 81.1 Å². The summed E-state index contributed by atoms with van der Waals surface area (Å²) in [5, 5.41) is 9.67. The predicted octanol–water partition coefficient (Wildman–Crippen LogP) is 1.81. The van der Waals surface area contributed by atoms with Gasteiger partial charge in [0.2, 0.25) is 0 Å². The number of nitrogens with zero attached hydrogens (tertiary/aromatic N) is 3. The fourth-order valence-electron chi connectivity index (χ4n) is 1.94. The molecule has 1 heterocycles. The van der Waals surface area contributed by atoms with E-state index in [4.69, 9.17) is 4.74 Å². The number of methoxy groups -OCH3 is 1. The zero-order valence-electron chi connectivity index (χ0n) is 12.3. The number of anilines is 1. The SMILES string of the molecule is COc1ccc(NC(=O)N[C@@H](C)Cn2cncn2)c(C)c1. The summed E-state index contributed by atoms with van der Waals surface area (Å²) in [5.41, 5.74) is 1.69. The molecule has 0 fully saturated rings. The van der Waals surface area contributed by atoms with E-state index < -0.39 is 0 Å². The van der Waals surface area contributed by atoms with Gasteiger partial charge < -0.3 is 15.4 Å². The number of amides is 2. The molecule has 0 aliphatic heterocycles. The molecule has 2 aromatic rings. The lowest BCUT2D eigenvalue weighted by Gasteiger charge is -2.15. The summed E-state index contributed by atoms with van der Waals surface area (Å²) < 4.78 is 6.80. The summed E-state index contributed by atoms with van der Waals surface area (Å²) in [6.45, 7) is 4.38. The summed E-state index contributed by atoms with van der Waals surface area (Å²) in [5.74, 6) is 0.762. The van der Waals surface area contributed by atoms with E-state index in [0.717, 1.165) is 17.0 Å². The number of carbonyl (C=O) groups is 1. The molecule has 0 aliphatic carbocycles. The molecule has 0 radical (unpaired) electrons. The lowest BCUT2D eigenvalue weighted by molar-refractivity contribution is 0.247. The minimum absolute atomic E-state index is 0.0646. The number of carbonyl (C=O) groups excluding carboxylic acids is 1. The average Bonchev–Trinajstić information content (AvgIpc) is 2.93. The molecule has 1 aromatic carbocycles. The number of aryl methyl sites for hydroxylation is 1. The van der Waals surface area contributed by atoms with Crippen LogP contribution in [-0.4, -0.2) is 33.9 Å². The smallest absolute Gasteiger partial charge is 0.319 e. The minimum atomic E-state index is -0.254. The van der Waals surface area contributed by atoms with Crippen molar-refractivity contribution in [3.8, 4) is 5.75 Å². The van der Waals surface area contributed by atoms with E-state index in [9.17, 15) is 4.79 Å². The van der Waals surface area contributed by atoms with Gasteiger partial charge in [-0.15, -0.1) is 0 Å². The maximum Gasteiger partial charge on any atom is 0.319 e. The molecular formula is C14H19N5O2. The Morgan fingerprint density at radius 3 is 2.90 bits per heavy atom. The summed E-state index contributed by atoms with van der Waals surface area (Å²) in [7, 11) is 1.61. The first-order chi connectivity index (χ1) is 10.1. The zero-order chi connectivity index (χ0) is 15.2. The number of benzene rings is 1. The van der Waals surface area contributed by atoms with Crippen LogP contribution < -0.4 is 15.4 Å². The van der Waals surface area contributed by atoms with Crippen LogP contribution in [0.15, 0.2) is 30.9 Å². The normalized spacial score (nSPS) is 11.8. The fraction of sp³-hybridized carbons (Fsp3) is 0.357. The van der Waals surface area contributed by atoms with Crippen molar-refractivity contribution in [2.45, 2.75) is 26.4 Å². The van der Waals surface area contributed by atoms with Gasteiger partial charge in [0.05, 0.1) is 13.7 Å². The molecule has 7 heteroatoms. The van der Waals surface area contributed by atoms with E-state index in [1.54, 1.807) is 24.2 Å². The van der Waals surface area contributed by atoms with Gasteiger partial charge in [-0.25, -0.2) is 9.78 Å². The van der Waals surface area contributed by atoms with E-state index in [1.165, 1.54) is 6.33 Å². The van der Waals surface area contributed by atoms with E-state index in [-0.39, 0.29) is 12.1 Å². The summed E-state index contributed by atoms with van der Waals surface area (Å²) >= 11 is 0. The number of hydrogen-bond acceptors (Lipinski definition) is 4. The third-order valence-corrected chi connectivity index (χ3v) is 2.99. The van der Waals surface area contributed by atoms with Gasteiger partial charge in [-0.1, -0.05) is 0 Å². The van der Waals surface area contributed by atoms with Gasteiger partial charge in [-0.05, 0) is 37.6 Å². The first kappa shape index (κ1) is 14.8. The van der Waals surface area contributed by atoms with Crippen LogP contribution in [0.1, 0.15) is 12.5 Å². The highest BCUT2D eigenvalue weighted by Gasteiger charge is 2.10. The molecule has 7 nitrogen and oxygen atoms in total. The molecule has 2 amide bonds.